The monoisotopic (exact) mass is 361 g/mol. The average molecular weight is 361 g/mol. The zero-order valence-corrected chi connectivity index (χ0v) is 12.5. The molecule has 0 bridgehead atoms. The van der Waals surface area contributed by atoms with Crippen molar-refractivity contribution in [3.63, 3.8) is 0 Å². The van der Waals surface area contributed by atoms with Gasteiger partial charge in [-0.2, -0.15) is 13.2 Å². The highest BCUT2D eigenvalue weighted by Crippen LogP contribution is 2.32. The Labute approximate surface area is 136 Å². The molecule has 2 aromatic heterocycles. The Hall–Kier alpha value is -2.78. The van der Waals surface area contributed by atoms with E-state index in [0.29, 0.717) is 11.1 Å². The van der Waals surface area contributed by atoms with E-state index >= 15 is 0 Å². The summed E-state index contributed by atoms with van der Waals surface area (Å²) < 4.78 is 80.3. The molecule has 0 saturated carbocycles. The summed E-state index contributed by atoms with van der Waals surface area (Å²) in [5.41, 5.74) is 0.981. The van der Waals surface area contributed by atoms with Crippen molar-refractivity contribution >= 4 is 5.65 Å². The van der Waals surface area contributed by atoms with Crippen molar-refractivity contribution < 1.29 is 31.1 Å². The normalized spacial score (nSPS) is 12.6. The lowest BCUT2D eigenvalue weighted by Gasteiger charge is -2.13. The van der Waals surface area contributed by atoms with Gasteiger partial charge in [-0.1, -0.05) is 6.07 Å². The second-order valence-corrected chi connectivity index (χ2v) is 5.20. The zero-order valence-electron chi connectivity index (χ0n) is 12.5. The van der Waals surface area contributed by atoms with Gasteiger partial charge < -0.3 is 4.74 Å². The number of nitrogens with zero attached hydrogens (tertiary/aromatic N) is 3. The highest BCUT2D eigenvalue weighted by Gasteiger charge is 2.37. The largest absolute Gasteiger partial charge is 0.573 e. The summed E-state index contributed by atoms with van der Waals surface area (Å²) in [5, 5.41) is 6.56. The maximum atomic E-state index is 12.9. The van der Waals surface area contributed by atoms with Crippen molar-refractivity contribution in [3.05, 3.63) is 47.9 Å². The Morgan fingerprint density at radius 2 is 1.60 bits per heavy atom. The van der Waals surface area contributed by atoms with Gasteiger partial charge in [0, 0.05) is 6.20 Å². The second-order valence-electron chi connectivity index (χ2n) is 5.20. The minimum absolute atomic E-state index is 0.00446. The van der Waals surface area contributed by atoms with Crippen LogP contribution < -0.4 is 4.74 Å². The Balaban J connectivity index is 2.03. The number of aryl methyl sites for hydroxylation is 1. The van der Waals surface area contributed by atoms with Gasteiger partial charge in [0.2, 0.25) is 5.82 Å². The Kier molecular flexibility index (Phi) is 3.85. The van der Waals surface area contributed by atoms with Crippen molar-refractivity contribution in [2.75, 3.05) is 0 Å². The molecule has 0 fully saturated rings. The fourth-order valence-electron chi connectivity index (χ4n) is 2.32. The summed E-state index contributed by atoms with van der Waals surface area (Å²) in [7, 11) is 0. The van der Waals surface area contributed by atoms with E-state index < -0.39 is 18.4 Å². The minimum Gasteiger partial charge on any atom is -0.406 e. The number of fused-ring (bicyclic) bond motifs is 1. The second kappa shape index (κ2) is 5.64. The van der Waals surface area contributed by atoms with Gasteiger partial charge in [0.25, 0.3) is 0 Å². The third-order valence-corrected chi connectivity index (χ3v) is 3.39. The van der Waals surface area contributed by atoms with Crippen LogP contribution in [0.5, 0.6) is 5.75 Å². The summed E-state index contributed by atoms with van der Waals surface area (Å²) in [4.78, 5) is 0. The van der Waals surface area contributed by atoms with Crippen LogP contribution in [0, 0.1) is 6.92 Å². The van der Waals surface area contributed by atoms with Crippen molar-refractivity contribution in [3.8, 4) is 16.9 Å². The molecule has 0 N–H and O–H groups in total. The third kappa shape index (κ3) is 3.52. The van der Waals surface area contributed by atoms with E-state index in [-0.39, 0.29) is 17.0 Å². The van der Waals surface area contributed by atoms with Crippen LogP contribution in [-0.2, 0) is 6.18 Å². The van der Waals surface area contributed by atoms with Gasteiger partial charge in [-0.05, 0) is 47.9 Å². The molecule has 3 rings (SSSR count). The van der Waals surface area contributed by atoms with E-state index in [1.807, 2.05) is 0 Å². The molecule has 0 saturated heterocycles. The van der Waals surface area contributed by atoms with Crippen LogP contribution in [0.15, 0.2) is 36.5 Å². The molecule has 25 heavy (non-hydrogen) atoms. The van der Waals surface area contributed by atoms with Crippen LogP contribution in [0.4, 0.5) is 26.3 Å². The van der Waals surface area contributed by atoms with Crippen LogP contribution in [0.25, 0.3) is 16.8 Å². The Morgan fingerprint density at radius 3 is 2.20 bits per heavy atom. The molecule has 0 aliphatic rings. The van der Waals surface area contributed by atoms with Gasteiger partial charge in [-0.3, -0.25) is 4.40 Å². The lowest BCUT2D eigenvalue weighted by molar-refractivity contribution is -0.274. The predicted molar refractivity (Wildman–Crippen MR) is 74.8 cm³/mol. The molecule has 0 spiro atoms. The molecule has 10 heteroatoms. The van der Waals surface area contributed by atoms with Crippen molar-refractivity contribution in [2.24, 2.45) is 0 Å². The molecule has 2 heterocycles. The lowest BCUT2D eigenvalue weighted by Crippen LogP contribution is -2.17. The minimum atomic E-state index is -4.82. The molecule has 4 nitrogen and oxygen atoms in total. The average Bonchev–Trinajstić information content (AvgIpc) is 2.91. The van der Waals surface area contributed by atoms with E-state index in [9.17, 15) is 26.3 Å². The SMILES string of the molecule is Cc1cc(-c2ccc3nnc(C(F)(F)F)n3c2)ccc1OC(F)(F)F. The topological polar surface area (TPSA) is 39.4 Å². The maximum absolute atomic E-state index is 12.9. The van der Waals surface area contributed by atoms with Crippen LogP contribution in [0.2, 0.25) is 0 Å². The first-order valence-corrected chi connectivity index (χ1v) is 6.83. The van der Waals surface area contributed by atoms with Crippen LogP contribution >= 0.6 is 0 Å². The van der Waals surface area contributed by atoms with Gasteiger partial charge in [-0.15, -0.1) is 23.4 Å². The molecule has 3 aromatic rings. The first-order chi connectivity index (χ1) is 11.5. The summed E-state index contributed by atoms with van der Waals surface area (Å²) in [6, 6.07) is 6.67. The van der Waals surface area contributed by atoms with E-state index in [2.05, 4.69) is 14.9 Å². The summed E-state index contributed by atoms with van der Waals surface area (Å²) >= 11 is 0. The number of aromatic nitrogens is 3. The molecule has 0 aliphatic heterocycles. The number of benzene rings is 1. The van der Waals surface area contributed by atoms with Gasteiger partial charge >= 0.3 is 12.5 Å². The first-order valence-electron chi connectivity index (χ1n) is 6.83. The zero-order chi connectivity index (χ0) is 18.4. The van der Waals surface area contributed by atoms with Gasteiger partial charge in [0.1, 0.15) is 5.75 Å². The lowest BCUT2D eigenvalue weighted by atomic mass is 10.0. The van der Waals surface area contributed by atoms with Gasteiger partial charge in [0.15, 0.2) is 5.65 Å². The van der Waals surface area contributed by atoms with Crippen molar-refractivity contribution in [1.29, 1.82) is 0 Å². The molecule has 0 radical (unpaired) electrons. The molecule has 132 valence electrons. The number of pyridine rings is 1. The third-order valence-electron chi connectivity index (χ3n) is 3.39. The number of halogens is 6. The van der Waals surface area contributed by atoms with Crippen LogP contribution in [-0.4, -0.2) is 21.0 Å². The van der Waals surface area contributed by atoms with E-state index in [0.717, 1.165) is 10.5 Å². The standard InChI is InChI=1S/C15H9F6N3O/c1-8-6-9(2-4-11(8)25-15(19,20)21)10-3-5-12-22-23-13(14(16,17)18)24(12)7-10/h2-7H,1H3. The summed E-state index contributed by atoms with van der Waals surface area (Å²) in [6.07, 6.45) is -8.33. The summed E-state index contributed by atoms with van der Waals surface area (Å²) in [6.45, 7) is 1.41. The Bertz CT molecular complexity index is 929. The van der Waals surface area contributed by atoms with Crippen LogP contribution in [0.3, 0.4) is 0 Å². The van der Waals surface area contributed by atoms with Gasteiger partial charge in [-0.25, -0.2) is 0 Å². The van der Waals surface area contributed by atoms with E-state index in [1.165, 1.54) is 37.4 Å². The van der Waals surface area contributed by atoms with Crippen molar-refractivity contribution in [2.45, 2.75) is 19.5 Å². The number of rotatable bonds is 2. The Morgan fingerprint density at radius 1 is 0.920 bits per heavy atom. The highest BCUT2D eigenvalue weighted by molar-refractivity contribution is 5.66. The molecule has 0 amide bonds. The molecular weight excluding hydrogens is 352 g/mol. The molecule has 1 aromatic carbocycles. The highest BCUT2D eigenvalue weighted by atomic mass is 19.4. The van der Waals surface area contributed by atoms with E-state index in [1.54, 1.807) is 0 Å². The number of hydrogen-bond acceptors (Lipinski definition) is 3. The number of alkyl halides is 6. The van der Waals surface area contributed by atoms with Crippen molar-refractivity contribution in [1.82, 2.24) is 14.6 Å². The molecule has 0 aliphatic carbocycles. The molecule has 0 atom stereocenters. The smallest absolute Gasteiger partial charge is 0.406 e. The van der Waals surface area contributed by atoms with Crippen LogP contribution in [0.1, 0.15) is 11.4 Å². The van der Waals surface area contributed by atoms with E-state index in [4.69, 9.17) is 0 Å². The number of ether oxygens (including phenoxy) is 1. The molecule has 0 unspecified atom stereocenters. The summed E-state index contributed by atoms with van der Waals surface area (Å²) in [5.74, 6) is -1.56. The quantitative estimate of drug-likeness (QED) is 0.625. The fraction of sp³-hybridized carbons (Fsp3) is 0.200. The maximum Gasteiger partial charge on any atom is 0.573 e. The van der Waals surface area contributed by atoms with Gasteiger partial charge in [0.05, 0.1) is 0 Å². The number of hydrogen-bond donors (Lipinski definition) is 0. The first kappa shape index (κ1) is 17.1. The predicted octanol–water partition coefficient (Wildman–Crippen LogP) is 4.62. The fourth-order valence-corrected chi connectivity index (χ4v) is 2.32. The molecular formula is C15H9F6N3O.